The minimum absolute atomic E-state index is 0.825. The molecule has 0 aliphatic rings. The number of hydrogen-bond donors (Lipinski definition) is 0. The lowest BCUT2D eigenvalue weighted by Crippen LogP contribution is -1.93. The van der Waals surface area contributed by atoms with Crippen LogP contribution in [0.15, 0.2) is 36.6 Å². The average Bonchev–Trinajstić information content (AvgIpc) is 2.65. The van der Waals surface area contributed by atoms with Gasteiger partial charge in [0.05, 0.1) is 6.61 Å². The van der Waals surface area contributed by atoms with E-state index >= 15 is 0 Å². The number of allylic oxidation sites excluding steroid dienone is 4. The third-order valence-electron chi connectivity index (χ3n) is 4.82. The van der Waals surface area contributed by atoms with Crippen molar-refractivity contribution in [1.82, 2.24) is 0 Å². The fourth-order valence-corrected chi connectivity index (χ4v) is 3.17. The Morgan fingerprint density at radius 1 is 0.692 bits per heavy atom. The lowest BCUT2D eigenvalue weighted by molar-refractivity contribution is 0.216. The van der Waals surface area contributed by atoms with Crippen LogP contribution in [0, 0.1) is 0 Å². The first-order valence-corrected chi connectivity index (χ1v) is 11.5. The van der Waals surface area contributed by atoms with Gasteiger partial charge in [-0.15, -0.1) is 0 Å². The molecule has 0 radical (unpaired) electrons. The molecule has 0 bridgehead atoms. The third kappa shape index (κ3) is 19.3. The Hall–Kier alpha value is -0.980. The van der Waals surface area contributed by atoms with E-state index in [1.807, 2.05) is 12.2 Å². The van der Waals surface area contributed by atoms with Crippen molar-refractivity contribution >= 4 is 0 Å². The van der Waals surface area contributed by atoms with Crippen molar-refractivity contribution in [2.75, 3.05) is 6.61 Å². The van der Waals surface area contributed by atoms with Crippen LogP contribution in [0.5, 0.6) is 0 Å². The predicted molar refractivity (Wildman–Crippen MR) is 119 cm³/mol. The topological polar surface area (TPSA) is 9.23 Å². The van der Waals surface area contributed by atoms with E-state index in [0.717, 1.165) is 25.2 Å². The zero-order chi connectivity index (χ0) is 19.1. The highest BCUT2D eigenvalue weighted by molar-refractivity contribution is 5.16. The second-order valence-electron chi connectivity index (χ2n) is 7.41. The van der Waals surface area contributed by atoms with Crippen molar-refractivity contribution in [3.05, 3.63) is 36.6 Å². The first kappa shape index (κ1) is 25.0. The summed E-state index contributed by atoms with van der Waals surface area (Å²) in [7, 11) is 0. The molecule has 1 heteroatoms. The van der Waals surface area contributed by atoms with E-state index in [1.54, 1.807) is 6.08 Å². The molecule has 0 saturated carbocycles. The summed E-state index contributed by atoms with van der Waals surface area (Å²) < 4.78 is 5.80. The maximum Gasteiger partial charge on any atom is 0.118 e. The monoisotopic (exact) mass is 362 g/mol. The minimum Gasteiger partial charge on any atom is -0.494 e. The van der Waals surface area contributed by atoms with Crippen molar-refractivity contribution in [2.24, 2.45) is 0 Å². The van der Waals surface area contributed by atoms with Gasteiger partial charge in [-0.3, -0.25) is 0 Å². The normalized spacial score (nSPS) is 12.0. The van der Waals surface area contributed by atoms with Gasteiger partial charge in [-0.2, -0.15) is 0 Å². The minimum atomic E-state index is 0.825. The van der Waals surface area contributed by atoms with Gasteiger partial charge < -0.3 is 4.74 Å². The second kappa shape index (κ2) is 22.1. The van der Waals surface area contributed by atoms with E-state index in [9.17, 15) is 0 Å². The molecule has 26 heavy (non-hydrogen) atoms. The summed E-state index contributed by atoms with van der Waals surface area (Å²) in [6, 6.07) is 0. The van der Waals surface area contributed by atoms with Gasteiger partial charge in [-0.1, -0.05) is 122 Å². The van der Waals surface area contributed by atoms with Crippen LogP contribution in [-0.2, 0) is 4.74 Å². The van der Waals surface area contributed by atoms with Crippen LogP contribution in [0.2, 0.25) is 0 Å². The van der Waals surface area contributed by atoms with Crippen molar-refractivity contribution < 1.29 is 4.74 Å². The molecule has 0 saturated heterocycles. The average molecular weight is 363 g/mol. The fourth-order valence-electron chi connectivity index (χ4n) is 3.17. The molecule has 1 nitrogen and oxygen atoms in total. The van der Waals surface area contributed by atoms with Crippen LogP contribution in [0.4, 0.5) is 0 Å². The van der Waals surface area contributed by atoms with E-state index in [-0.39, 0.29) is 0 Å². The largest absolute Gasteiger partial charge is 0.494 e. The second-order valence-corrected chi connectivity index (χ2v) is 7.41. The van der Waals surface area contributed by atoms with Crippen LogP contribution >= 0.6 is 0 Å². The summed E-state index contributed by atoms with van der Waals surface area (Å²) >= 11 is 0. The zero-order valence-electron chi connectivity index (χ0n) is 17.9. The van der Waals surface area contributed by atoms with Crippen LogP contribution in [0.1, 0.15) is 117 Å². The Bertz CT molecular complexity index is 340. The Balaban J connectivity index is 3.27. The molecule has 0 fully saturated rings. The SMILES string of the molecule is C=C/C=C(\C=C/CC)OCCCCCCCCCCCCCCCCC. The summed E-state index contributed by atoms with van der Waals surface area (Å²) in [5.41, 5.74) is 0. The number of ether oxygens (including phenoxy) is 1. The van der Waals surface area contributed by atoms with E-state index in [4.69, 9.17) is 4.74 Å². The quantitative estimate of drug-likeness (QED) is 0.119. The van der Waals surface area contributed by atoms with E-state index < -0.39 is 0 Å². The Labute approximate surface area is 165 Å². The number of unbranched alkanes of at least 4 members (excludes halogenated alkanes) is 14. The van der Waals surface area contributed by atoms with E-state index in [1.165, 1.54) is 89.9 Å². The van der Waals surface area contributed by atoms with Gasteiger partial charge in [0.1, 0.15) is 5.76 Å². The third-order valence-corrected chi connectivity index (χ3v) is 4.82. The molecule has 0 aromatic rings. The molecule has 0 aromatic carbocycles. The summed E-state index contributed by atoms with van der Waals surface area (Å²) in [4.78, 5) is 0. The van der Waals surface area contributed by atoms with Gasteiger partial charge in [-0.25, -0.2) is 0 Å². The lowest BCUT2D eigenvalue weighted by Gasteiger charge is -2.07. The molecular formula is C25H46O. The molecule has 0 unspecified atom stereocenters. The number of rotatable bonds is 20. The maximum atomic E-state index is 5.80. The summed E-state index contributed by atoms with van der Waals surface area (Å²) in [5.74, 6) is 0.937. The van der Waals surface area contributed by atoms with Gasteiger partial charge in [-0.05, 0) is 25.0 Å². The molecule has 0 N–H and O–H groups in total. The number of hydrogen-bond acceptors (Lipinski definition) is 1. The van der Waals surface area contributed by atoms with Crippen LogP contribution in [0.3, 0.4) is 0 Å². The van der Waals surface area contributed by atoms with E-state index in [0.29, 0.717) is 0 Å². The fraction of sp³-hybridized carbons (Fsp3) is 0.760. The molecule has 0 aromatic heterocycles. The van der Waals surface area contributed by atoms with Gasteiger partial charge in [0, 0.05) is 0 Å². The van der Waals surface area contributed by atoms with Crippen LogP contribution < -0.4 is 0 Å². The molecule has 0 atom stereocenters. The highest BCUT2D eigenvalue weighted by Gasteiger charge is 1.96. The van der Waals surface area contributed by atoms with Gasteiger partial charge in [0.2, 0.25) is 0 Å². The highest BCUT2D eigenvalue weighted by Crippen LogP contribution is 2.13. The Kier molecular flexibility index (Phi) is 21.2. The smallest absolute Gasteiger partial charge is 0.118 e. The maximum absolute atomic E-state index is 5.80. The Morgan fingerprint density at radius 3 is 1.58 bits per heavy atom. The summed E-state index contributed by atoms with van der Waals surface area (Å²) in [6.45, 7) is 8.99. The van der Waals surface area contributed by atoms with Crippen molar-refractivity contribution in [1.29, 1.82) is 0 Å². The van der Waals surface area contributed by atoms with Crippen molar-refractivity contribution in [2.45, 2.75) is 117 Å². The summed E-state index contributed by atoms with van der Waals surface area (Å²) in [5, 5.41) is 0. The summed E-state index contributed by atoms with van der Waals surface area (Å²) in [6.07, 6.45) is 29.9. The van der Waals surface area contributed by atoms with Crippen LogP contribution in [0.25, 0.3) is 0 Å². The van der Waals surface area contributed by atoms with Crippen molar-refractivity contribution in [3.63, 3.8) is 0 Å². The molecule has 0 heterocycles. The van der Waals surface area contributed by atoms with Gasteiger partial charge >= 0.3 is 0 Å². The first-order valence-electron chi connectivity index (χ1n) is 11.5. The standard InChI is InChI=1S/C25H46O/c1-4-7-9-10-11-12-13-14-15-16-17-18-19-20-21-24-26-25(22-6-3)23-8-5-2/h6,8,22-23H,3-5,7,9-21,24H2,1-2H3/b23-8-,25-22+. The predicted octanol–water partition coefficient (Wildman–Crippen LogP) is 8.91. The molecule has 0 rings (SSSR count). The van der Waals surface area contributed by atoms with Gasteiger partial charge in [0.25, 0.3) is 0 Å². The lowest BCUT2D eigenvalue weighted by atomic mass is 10.0. The molecule has 152 valence electrons. The van der Waals surface area contributed by atoms with E-state index in [2.05, 4.69) is 26.5 Å². The Morgan fingerprint density at radius 2 is 1.15 bits per heavy atom. The molecule has 0 amide bonds. The van der Waals surface area contributed by atoms with Crippen molar-refractivity contribution in [3.8, 4) is 0 Å². The molecule has 0 aliphatic carbocycles. The van der Waals surface area contributed by atoms with Gasteiger partial charge in [0.15, 0.2) is 0 Å². The van der Waals surface area contributed by atoms with Crippen LogP contribution in [-0.4, -0.2) is 6.61 Å². The molecule has 0 spiro atoms. The molecule has 0 aliphatic heterocycles. The molecular weight excluding hydrogens is 316 g/mol. The zero-order valence-corrected chi connectivity index (χ0v) is 17.9. The highest BCUT2D eigenvalue weighted by atomic mass is 16.5. The first-order chi connectivity index (χ1) is 12.8.